The average molecular weight is 412 g/mol. The Labute approximate surface area is 162 Å². The summed E-state index contributed by atoms with van der Waals surface area (Å²) in [5, 5.41) is 3.90. The smallest absolute Gasteiger partial charge is 0.350 e. The third-order valence-corrected chi connectivity index (χ3v) is 5.55. The highest BCUT2D eigenvalue weighted by molar-refractivity contribution is 7.21. The van der Waals surface area contributed by atoms with E-state index in [4.69, 9.17) is 27.9 Å². The van der Waals surface area contributed by atoms with Crippen molar-refractivity contribution in [2.24, 2.45) is 0 Å². The number of benzene rings is 2. The SMILES string of the molecule is O=C(COC(=O)c1sc2cc(F)ccc2c1Cl)NCc1ccccc1Cl. The number of carbonyl (C=O) groups excluding carboxylic acids is 2. The molecule has 3 rings (SSSR count). The van der Waals surface area contributed by atoms with E-state index in [1.165, 1.54) is 18.2 Å². The number of rotatable bonds is 5. The van der Waals surface area contributed by atoms with Gasteiger partial charge in [-0.1, -0.05) is 41.4 Å². The quantitative estimate of drug-likeness (QED) is 0.612. The van der Waals surface area contributed by atoms with Gasteiger partial charge in [-0.25, -0.2) is 9.18 Å². The number of ether oxygens (including phenoxy) is 1. The first-order valence-electron chi connectivity index (χ1n) is 7.50. The lowest BCUT2D eigenvalue weighted by atomic mass is 10.2. The molecule has 26 heavy (non-hydrogen) atoms. The molecular formula is C18H12Cl2FNO3S. The first kappa shape index (κ1) is 18.6. The number of amides is 1. The van der Waals surface area contributed by atoms with E-state index in [0.29, 0.717) is 15.1 Å². The molecule has 0 radical (unpaired) electrons. The largest absolute Gasteiger partial charge is 0.451 e. The molecule has 8 heteroatoms. The highest BCUT2D eigenvalue weighted by Crippen LogP contribution is 2.36. The van der Waals surface area contributed by atoms with E-state index in [9.17, 15) is 14.0 Å². The van der Waals surface area contributed by atoms with Crippen molar-refractivity contribution < 1.29 is 18.7 Å². The number of carbonyl (C=O) groups is 2. The van der Waals surface area contributed by atoms with Crippen LogP contribution in [0.25, 0.3) is 10.1 Å². The van der Waals surface area contributed by atoms with Crippen molar-refractivity contribution in [1.82, 2.24) is 5.32 Å². The highest BCUT2D eigenvalue weighted by Gasteiger charge is 2.19. The summed E-state index contributed by atoms with van der Waals surface area (Å²) in [6.07, 6.45) is 0. The van der Waals surface area contributed by atoms with Crippen molar-refractivity contribution in [1.29, 1.82) is 0 Å². The van der Waals surface area contributed by atoms with Crippen LogP contribution in [-0.2, 0) is 16.1 Å². The second kappa shape index (κ2) is 8.03. The van der Waals surface area contributed by atoms with Gasteiger partial charge >= 0.3 is 5.97 Å². The van der Waals surface area contributed by atoms with E-state index in [1.807, 2.05) is 0 Å². The van der Waals surface area contributed by atoms with Gasteiger partial charge in [0, 0.05) is 21.7 Å². The lowest BCUT2D eigenvalue weighted by Crippen LogP contribution is -2.28. The van der Waals surface area contributed by atoms with Crippen LogP contribution in [0.4, 0.5) is 4.39 Å². The van der Waals surface area contributed by atoms with Crippen LogP contribution in [0.1, 0.15) is 15.2 Å². The van der Waals surface area contributed by atoms with Crippen molar-refractivity contribution in [2.75, 3.05) is 6.61 Å². The van der Waals surface area contributed by atoms with E-state index in [0.717, 1.165) is 16.9 Å². The number of nitrogens with one attached hydrogen (secondary N) is 1. The molecule has 1 amide bonds. The summed E-state index contributed by atoms with van der Waals surface area (Å²) in [6.45, 7) is -0.235. The second-order valence-electron chi connectivity index (χ2n) is 5.33. The van der Waals surface area contributed by atoms with Crippen LogP contribution in [0.2, 0.25) is 10.0 Å². The van der Waals surface area contributed by atoms with Crippen LogP contribution in [0.15, 0.2) is 42.5 Å². The van der Waals surface area contributed by atoms with Crippen LogP contribution in [0.5, 0.6) is 0 Å². The van der Waals surface area contributed by atoms with E-state index in [2.05, 4.69) is 5.32 Å². The summed E-state index contributed by atoms with van der Waals surface area (Å²) in [5.74, 6) is -1.62. The Balaban J connectivity index is 1.59. The maximum Gasteiger partial charge on any atom is 0.350 e. The lowest BCUT2D eigenvalue weighted by Gasteiger charge is -2.07. The van der Waals surface area contributed by atoms with Gasteiger partial charge in [0.05, 0.1) is 5.02 Å². The summed E-state index contributed by atoms with van der Waals surface area (Å²) >= 11 is 13.2. The predicted molar refractivity (Wildman–Crippen MR) is 100 cm³/mol. The van der Waals surface area contributed by atoms with Crippen molar-refractivity contribution in [3.05, 3.63) is 68.8 Å². The molecule has 0 bridgehead atoms. The molecule has 0 unspecified atom stereocenters. The molecule has 1 N–H and O–H groups in total. The van der Waals surface area contributed by atoms with Gasteiger partial charge in [-0.2, -0.15) is 0 Å². The Morgan fingerprint density at radius 1 is 1.15 bits per heavy atom. The normalized spacial score (nSPS) is 10.7. The van der Waals surface area contributed by atoms with Gasteiger partial charge in [0.25, 0.3) is 5.91 Å². The molecule has 3 aromatic rings. The minimum Gasteiger partial charge on any atom is -0.451 e. The summed E-state index contributed by atoms with van der Waals surface area (Å²) in [5.41, 5.74) is 0.753. The Bertz CT molecular complexity index is 990. The van der Waals surface area contributed by atoms with Crippen molar-refractivity contribution in [2.45, 2.75) is 6.54 Å². The molecule has 4 nitrogen and oxygen atoms in total. The van der Waals surface area contributed by atoms with Gasteiger partial charge in [-0.05, 0) is 29.8 Å². The first-order chi connectivity index (χ1) is 12.5. The summed E-state index contributed by atoms with van der Waals surface area (Å²) < 4.78 is 18.8. The maximum absolute atomic E-state index is 13.3. The van der Waals surface area contributed by atoms with Gasteiger partial charge in [0.15, 0.2) is 6.61 Å². The Kier molecular flexibility index (Phi) is 5.76. The van der Waals surface area contributed by atoms with Crippen LogP contribution < -0.4 is 5.32 Å². The molecule has 0 fully saturated rings. The standard InChI is InChI=1S/C18H12Cl2FNO3S/c19-13-4-2-1-3-10(13)8-22-15(23)9-25-18(24)17-16(20)12-6-5-11(21)7-14(12)26-17/h1-7H,8-9H2,(H,22,23). The van der Waals surface area contributed by atoms with Crippen LogP contribution in [-0.4, -0.2) is 18.5 Å². The van der Waals surface area contributed by atoms with Crippen LogP contribution in [0, 0.1) is 5.82 Å². The minimum atomic E-state index is -0.732. The van der Waals surface area contributed by atoms with E-state index >= 15 is 0 Å². The zero-order chi connectivity index (χ0) is 18.7. The fourth-order valence-corrected chi connectivity index (χ4v) is 3.88. The van der Waals surface area contributed by atoms with Gasteiger partial charge in [0.2, 0.25) is 0 Å². The molecule has 0 spiro atoms. The predicted octanol–water partition coefficient (Wildman–Crippen LogP) is 4.82. The monoisotopic (exact) mass is 411 g/mol. The first-order valence-corrected chi connectivity index (χ1v) is 9.07. The molecule has 0 saturated carbocycles. The fraction of sp³-hybridized carbons (Fsp3) is 0.111. The highest BCUT2D eigenvalue weighted by atomic mass is 35.5. The van der Waals surface area contributed by atoms with Crippen LogP contribution in [0.3, 0.4) is 0 Å². The van der Waals surface area contributed by atoms with E-state index in [-0.39, 0.29) is 16.4 Å². The van der Waals surface area contributed by atoms with E-state index < -0.39 is 24.3 Å². The summed E-state index contributed by atoms with van der Waals surface area (Å²) in [7, 11) is 0. The lowest BCUT2D eigenvalue weighted by molar-refractivity contribution is -0.124. The van der Waals surface area contributed by atoms with Crippen molar-refractivity contribution in [3.63, 3.8) is 0 Å². The van der Waals surface area contributed by atoms with E-state index in [1.54, 1.807) is 24.3 Å². The van der Waals surface area contributed by atoms with Gasteiger partial charge in [-0.3, -0.25) is 4.79 Å². The average Bonchev–Trinajstić information content (AvgIpc) is 2.95. The molecule has 0 aliphatic carbocycles. The zero-order valence-electron chi connectivity index (χ0n) is 13.2. The third kappa shape index (κ3) is 4.15. The summed E-state index contributed by atoms with van der Waals surface area (Å²) in [6, 6.07) is 11.1. The van der Waals surface area contributed by atoms with Crippen molar-refractivity contribution in [3.8, 4) is 0 Å². The number of hydrogen-bond acceptors (Lipinski definition) is 4. The molecule has 0 aliphatic rings. The van der Waals surface area contributed by atoms with Gasteiger partial charge in [-0.15, -0.1) is 11.3 Å². The minimum absolute atomic E-state index is 0.131. The Morgan fingerprint density at radius 2 is 1.92 bits per heavy atom. The zero-order valence-corrected chi connectivity index (χ0v) is 15.6. The number of fused-ring (bicyclic) bond motifs is 1. The number of esters is 1. The second-order valence-corrected chi connectivity index (χ2v) is 7.17. The summed E-state index contributed by atoms with van der Waals surface area (Å²) in [4.78, 5) is 24.1. The molecule has 0 atom stereocenters. The topological polar surface area (TPSA) is 55.4 Å². The van der Waals surface area contributed by atoms with Crippen LogP contribution >= 0.6 is 34.5 Å². The third-order valence-electron chi connectivity index (χ3n) is 3.55. The number of hydrogen-bond donors (Lipinski definition) is 1. The molecular weight excluding hydrogens is 400 g/mol. The maximum atomic E-state index is 13.3. The molecule has 1 aromatic heterocycles. The van der Waals surface area contributed by atoms with Gasteiger partial charge in [0.1, 0.15) is 10.7 Å². The number of halogens is 3. The molecule has 134 valence electrons. The fourth-order valence-electron chi connectivity index (χ4n) is 2.25. The van der Waals surface area contributed by atoms with Gasteiger partial charge < -0.3 is 10.1 Å². The van der Waals surface area contributed by atoms with Crippen molar-refractivity contribution >= 4 is 56.5 Å². The Morgan fingerprint density at radius 3 is 2.69 bits per heavy atom. The Hall–Kier alpha value is -2.15. The number of thiophene rings is 1. The molecule has 0 aliphatic heterocycles. The molecule has 0 saturated heterocycles. The molecule has 1 heterocycles. The molecule has 2 aromatic carbocycles.